The second-order valence-corrected chi connectivity index (χ2v) is 5.99. The first-order valence-electron chi connectivity index (χ1n) is 6.25. The Balaban J connectivity index is 2.52. The van der Waals surface area contributed by atoms with Crippen LogP contribution in [-0.4, -0.2) is 17.8 Å². The number of nitriles is 1. The lowest BCUT2D eigenvalue weighted by Crippen LogP contribution is -2.36. The standard InChI is InChI=1S/C13H21NO2S/c1-9(2)11-5-4-10(3)6-12(11)16-13(15)7-17-8-14/h9-12H,4-7H2,1-3H3/t10-,11-,12+/m0/s1. The largest absolute Gasteiger partial charge is 0.461 e. The van der Waals surface area contributed by atoms with Crippen molar-refractivity contribution in [1.82, 2.24) is 0 Å². The fourth-order valence-electron chi connectivity index (χ4n) is 2.54. The molecule has 3 nitrogen and oxygen atoms in total. The third-order valence-corrected chi connectivity index (χ3v) is 4.01. The van der Waals surface area contributed by atoms with Gasteiger partial charge in [0.25, 0.3) is 0 Å². The summed E-state index contributed by atoms with van der Waals surface area (Å²) in [5.74, 6) is 1.55. The van der Waals surface area contributed by atoms with E-state index in [0.717, 1.165) is 24.6 Å². The van der Waals surface area contributed by atoms with E-state index in [-0.39, 0.29) is 17.8 Å². The predicted octanol–water partition coefficient (Wildman–Crippen LogP) is 3.20. The lowest BCUT2D eigenvalue weighted by atomic mass is 9.75. The Morgan fingerprint density at radius 2 is 2.24 bits per heavy atom. The molecule has 0 unspecified atom stereocenters. The van der Waals surface area contributed by atoms with Crippen molar-refractivity contribution in [2.24, 2.45) is 17.8 Å². The van der Waals surface area contributed by atoms with E-state index in [1.807, 2.05) is 5.40 Å². The molecule has 0 aliphatic heterocycles. The summed E-state index contributed by atoms with van der Waals surface area (Å²) in [7, 11) is 0. The summed E-state index contributed by atoms with van der Waals surface area (Å²) in [6.07, 6.45) is 3.38. The lowest BCUT2D eigenvalue weighted by Gasteiger charge is -2.36. The van der Waals surface area contributed by atoms with Gasteiger partial charge < -0.3 is 4.74 Å². The van der Waals surface area contributed by atoms with Gasteiger partial charge in [0, 0.05) is 0 Å². The topological polar surface area (TPSA) is 50.1 Å². The van der Waals surface area contributed by atoms with Crippen molar-refractivity contribution < 1.29 is 9.53 Å². The molecule has 3 atom stereocenters. The second-order valence-electron chi connectivity index (χ2n) is 5.23. The molecule has 0 aromatic heterocycles. The van der Waals surface area contributed by atoms with Gasteiger partial charge in [-0.1, -0.05) is 27.2 Å². The first kappa shape index (κ1) is 14.4. The van der Waals surface area contributed by atoms with Crippen LogP contribution in [0.5, 0.6) is 0 Å². The summed E-state index contributed by atoms with van der Waals surface area (Å²) in [5, 5.41) is 10.3. The fourth-order valence-corrected chi connectivity index (χ4v) is 2.79. The van der Waals surface area contributed by atoms with Gasteiger partial charge in [-0.2, -0.15) is 5.26 Å². The molecule has 0 aromatic carbocycles. The molecule has 1 fully saturated rings. The number of thioether (sulfide) groups is 1. The molecule has 0 bridgehead atoms. The molecule has 4 heteroatoms. The average molecular weight is 255 g/mol. The molecule has 0 saturated heterocycles. The van der Waals surface area contributed by atoms with Gasteiger partial charge in [0.2, 0.25) is 0 Å². The third kappa shape index (κ3) is 4.59. The molecule has 0 aromatic rings. The minimum absolute atomic E-state index is 0.0468. The minimum Gasteiger partial charge on any atom is -0.461 e. The van der Waals surface area contributed by atoms with E-state index >= 15 is 0 Å². The Morgan fingerprint density at radius 3 is 2.82 bits per heavy atom. The van der Waals surface area contributed by atoms with E-state index in [1.54, 1.807) is 0 Å². The van der Waals surface area contributed by atoms with Gasteiger partial charge >= 0.3 is 5.97 Å². The monoisotopic (exact) mass is 255 g/mol. The summed E-state index contributed by atoms with van der Waals surface area (Å²) >= 11 is 0.946. The molecule has 96 valence electrons. The number of carbonyl (C=O) groups is 1. The predicted molar refractivity (Wildman–Crippen MR) is 69.3 cm³/mol. The number of hydrogen-bond donors (Lipinski definition) is 0. The fraction of sp³-hybridized carbons (Fsp3) is 0.846. The SMILES string of the molecule is CC(C)[C@@H]1CC[C@H](C)C[C@H]1OC(=O)CSC#N. The number of rotatable bonds is 4. The number of carbonyl (C=O) groups excluding carboxylic acids is 1. The van der Waals surface area contributed by atoms with Crippen molar-refractivity contribution in [3.63, 3.8) is 0 Å². The van der Waals surface area contributed by atoms with Crippen LogP contribution >= 0.6 is 11.8 Å². The van der Waals surface area contributed by atoms with Crippen LogP contribution in [0.25, 0.3) is 0 Å². The summed E-state index contributed by atoms with van der Waals surface area (Å²) in [5.41, 5.74) is 0. The number of nitrogens with zero attached hydrogens (tertiary/aromatic N) is 1. The lowest BCUT2D eigenvalue weighted by molar-refractivity contribution is -0.152. The van der Waals surface area contributed by atoms with Gasteiger partial charge in [0.05, 0.1) is 0 Å². The molecule has 0 N–H and O–H groups in total. The Hall–Kier alpha value is -0.690. The first-order valence-corrected chi connectivity index (χ1v) is 7.23. The molecule has 0 radical (unpaired) electrons. The van der Waals surface area contributed by atoms with Crippen LogP contribution < -0.4 is 0 Å². The normalized spacial score (nSPS) is 28.8. The maximum absolute atomic E-state index is 11.6. The van der Waals surface area contributed by atoms with E-state index in [1.165, 1.54) is 6.42 Å². The number of esters is 1. The summed E-state index contributed by atoms with van der Waals surface area (Å²) in [6, 6.07) is 0. The van der Waals surface area contributed by atoms with Crippen LogP contribution in [0.15, 0.2) is 0 Å². The molecule has 0 heterocycles. The van der Waals surface area contributed by atoms with Gasteiger partial charge in [-0.15, -0.1) is 0 Å². The van der Waals surface area contributed by atoms with Gasteiger partial charge in [-0.3, -0.25) is 4.79 Å². The van der Waals surface area contributed by atoms with Crippen LogP contribution in [0.4, 0.5) is 0 Å². The van der Waals surface area contributed by atoms with Crippen molar-refractivity contribution in [2.75, 3.05) is 5.75 Å². The Kier molecular flexibility index (Phi) is 5.84. The Bertz CT molecular complexity index is 298. The zero-order chi connectivity index (χ0) is 12.8. The maximum atomic E-state index is 11.6. The molecule has 1 rings (SSSR count). The Labute approximate surface area is 108 Å². The van der Waals surface area contributed by atoms with E-state index in [2.05, 4.69) is 20.8 Å². The van der Waals surface area contributed by atoms with Crippen LogP contribution in [0, 0.1) is 28.4 Å². The highest BCUT2D eigenvalue weighted by molar-refractivity contribution is 8.04. The van der Waals surface area contributed by atoms with Gasteiger partial charge in [0.1, 0.15) is 17.3 Å². The van der Waals surface area contributed by atoms with E-state index in [0.29, 0.717) is 17.8 Å². The van der Waals surface area contributed by atoms with Gasteiger partial charge in [-0.05, 0) is 42.4 Å². The average Bonchev–Trinajstić information content (AvgIpc) is 2.26. The molecule has 1 aliphatic rings. The van der Waals surface area contributed by atoms with Crippen LogP contribution in [0.1, 0.15) is 40.0 Å². The quantitative estimate of drug-likeness (QED) is 0.572. The smallest absolute Gasteiger partial charge is 0.317 e. The maximum Gasteiger partial charge on any atom is 0.317 e. The van der Waals surface area contributed by atoms with Crippen molar-refractivity contribution in [1.29, 1.82) is 5.26 Å². The Morgan fingerprint density at radius 1 is 1.53 bits per heavy atom. The molecular formula is C13H21NO2S. The molecular weight excluding hydrogens is 234 g/mol. The minimum atomic E-state index is -0.249. The van der Waals surface area contributed by atoms with Crippen LogP contribution in [0.2, 0.25) is 0 Å². The highest BCUT2D eigenvalue weighted by Crippen LogP contribution is 2.35. The first-order chi connectivity index (χ1) is 8.04. The molecule has 0 spiro atoms. The van der Waals surface area contributed by atoms with Crippen molar-refractivity contribution in [2.45, 2.75) is 46.1 Å². The van der Waals surface area contributed by atoms with Crippen LogP contribution in [-0.2, 0) is 9.53 Å². The molecule has 17 heavy (non-hydrogen) atoms. The zero-order valence-electron chi connectivity index (χ0n) is 10.8. The number of ether oxygens (including phenoxy) is 1. The van der Waals surface area contributed by atoms with Crippen molar-refractivity contribution in [3.8, 4) is 5.40 Å². The highest BCUT2D eigenvalue weighted by atomic mass is 32.2. The van der Waals surface area contributed by atoms with Crippen molar-refractivity contribution >= 4 is 17.7 Å². The summed E-state index contributed by atoms with van der Waals surface area (Å²) < 4.78 is 5.53. The highest BCUT2D eigenvalue weighted by Gasteiger charge is 2.33. The molecule has 1 saturated carbocycles. The number of hydrogen-bond acceptors (Lipinski definition) is 4. The second kappa shape index (κ2) is 6.90. The third-order valence-electron chi connectivity index (χ3n) is 3.50. The number of thiocyanates is 1. The summed E-state index contributed by atoms with van der Waals surface area (Å²) in [4.78, 5) is 11.6. The van der Waals surface area contributed by atoms with Crippen molar-refractivity contribution in [3.05, 3.63) is 0 Å². The zero-order valence-corrected chi connectivity index (χ0v) is 11.6. The van der Waals surface area contributed by atoms with E-state index in [4.69, 9.17) is 10.00 Å². The van der Waals surface area contributed by atoms with E-state index in [9.17, 15) is 4.79 Å². The summed E-state index contributed by atoms with van der Waals surface area (Å²) in [6.45, 7) is 6.58. The molecule has 1 aliphatic carbocycles. The van der Waals surface area contributed by atoms with E-state index < -0.39 is 0 Å². The van der Waals surface area contributed by atoms with Gasteiger partial charge in [-0.25, -0.2) is 0 Å². The molecule has 0 amide bonds. The van der Waals surface area contributed by atoms with Gasteiger partial charge in [0.15, 0.2) is 0 Å². The van der Waals surface area contributed by atoms with Crippen LogP contribution in [0.3, 0.4) is 0 Å².